The zero-order valence-corrected chi connectivity index (χ0v) is 19.7. The van der Waals surface area contributed by atoms with Crippen LogP contribution in [0.3, 0.4) is 0 Å². The van der Waals surface area contributed by atoms with Crippen molar-refractivity contribution in [3.8, 4) is 11.5 Å². The lowest BCUT2D eigenvalue weighted by Gasteiger charge is -2.23. The Morgan fingerprint density at radius 1 is 1.06 bits per heavy atom. The van der Waals surface area contributed by atoms with Crippen LogP contribution < -0.4 is 14.8 Å². The number of fused-ring (bicyclic) bond motifs is 1. The molecule has 0 radical (unpaired) electrons. The molecule has 1 saturated heterocycles. The standard InChI is InChI=1S/C28H34N2O3/c1-19(25-12-8-16-29-25)24-18-30(28(31)22-11-6-7-13-27(22)32-2)26-15-14-21(17-23(24)26)33-20-9-4-3-5-10-20/h6-7,11,13-15,17-20,25,29H,3-5,8-10,12,16H2,1-2H3. The van der Waals surface area contributed by atoms with Gasteiger partial charge in [-0.1, -0.05) is 25.5 Å². The van der Waals surface area contributed by atoms with Crippen molar-refractivity contribution in [1.29, 1.82) is 0 Å². The predicted octanol–water partition coefficient (Wildman–Crippen LogP) is 5.91. The molecule has 2 aromatic carbocycles. The zero-order valence-electron chi connectivity index (χ0n) is 19.7. The van der Waals surface area contributed by atoms with Gasteiger partial charge in [0.05, 0.1) is 24.3 Å². The number of rotatable bonds is 6. The SMILES string of the molecule is COc1ccccc1C(=O)n1cc(C(C)C2CCCN2)c2cc(OC3CCCCC3)ccc21. The second-order valence-corrected chi connectivity index (χ2v) is 9.51. The van der Waals surface area contributed by atoms with Gasteiger partial charge in [0.15, 0.2) is 0 Å². The highest BCUT2D eigenvalue weighted by molar-refractivity contribution is 6.05. The summed E-state index contributed by atoms with van der Waals surface area (Å²) in [6.45, 7) is 3.33. The minimum Gasteiger partial charge on any atom is -0.496 e. The van der Waals surface area contributed by atoms with Crippen LogP contribution in [0.25, 0.3) is 10.9 Å². The van der Waals surface area contributed by atoms with Crippen molar-refractivity contribution in [3.63, 3.8) is 0 Å². The number of nitrogens with zero attached hydrogens (tertiary/aromatic N) is 1. The van der Waals surface area contributed by atoms with Crippen molar-refractivity contribution in [2.24, 2.45) is 0 Å². The first-order valence-electron chi connectivity index (χ1n) is 12.4. The van der Waals surface area contributed by atoms with E-state index < -0.39 is 0 Å². The average Bonchev–Trinajstić information content (AvgIpc) is 3.52. The van der Waals surface area contributed by atoms with E-state index in [0.29, 0.717) is 29.4 Å². The van der Waals surface area contributed by atoms with Gasteiger partial charge in [0.1, 0.15) is 11.5 Å². The van der Waals surface area contributed by atoms with Crippen molar-refractivity contribution < 1.29 is 14.3 Å². The second-order valence-electron chi connectivity index (χ2n) is 9.51. The summed E-state index contributed by atoms with van der Waals surface area (Å²) in [5.41, 5.74) is 2.68. The fourth-order valence-corrected chi connectivity index (χ4v) is 5.52. The molecule has 2 atom stereocenters. The van der Waals surface area contributed by atoms with Crippen LogP contribution in [-0.2, 0) is 0 Å². The highest BCUT2D eigenvalue weighted by atomic mass is 16.5. The van der Waals surface area contributed by atoms with E-state index in [1.54, 1.807) is 11.7 Å². The third-order valence-electron chi connectivity index (χ3n) is 7.41. The minimum atomic E-state index is -0.0729. The van der Waals surface area contributed by atoms with Gasteiger partial charge in [-0.05, 0) is 86.9 Å². The summed E-state index contributed by atoms with van der Waals surface area (Å²) in [4.78, 5) is 13.6. The molecule has 5 rings (SSSR count). The Labute approximate surface area is 196 Å². The number of ether oxygens (including phenoxy) is 2. The van der Waals surface area contributed by atoms with E-state index in [2.05, 4.69) is 18.3 Å². The van der Waals surface area contributed by atoms with Gasteiger partial charge in [-0.3, -0.25) is 9.36 Å². The monoisotopic (exact) mass is 446 g/mol. The summed E-state index contributed by atoms with van der Waals surface area (Å²) in [7, 11) is 1.61. The number of carbonyl (C=O) groups is 1. The molecule has 1 N–H and O–H groups in total. The molecule has 2 aliphatic rings. The molecule has 5 heteroatoms. The Morgan fingerprint density at radius 2 is 1.88 bits per heavy atom. The molecule has 1 aliphatic carbocycles. The number of nitrogens with one attached hydrogen (secondary N) is 1. The Bertz CT molecular complexity index is 1120. The first-order valence-corrected chi connectivity index (χ1v) is 12.4. The molecule has 0 spiro atoms. The van der Waals surface area contributed by atoms with Crippen LogP contribution in [0.5, 0.6) is 11.5 Å². The maximum atomic E-state index is 13.6. The Hall–Kier alpha value is -2.79. The van der Waals surface area contributed by atoms with Gasteiger partial charge in [0, 0.05) is 17.6 Å². The molecule has 5 nitrogen and oxygen atoms in total. The summed E-state index contributed by atoms with van der Waals surface area (Å²) in [6.07, 6.45) is 10.7. The quantitative estimate of drug-likeness (QED) is 0.512. The topological polar surface area (TPSA) is 52.5 Å². The Balaban J connectivity index is 1.56. The number of hydrogen-bond acceptors (Lipinski definition) is 4. The van der Waals surface area contributed by atoms with E-state index in [1.807, 2.05) is 42.6 Å². The maximum Gasteiger partial charge on any atom is 0.266 e. The lowest BCUT2D eigenvalue weighted by Crippen LogP contribution is -2.27. The molecule has 0 bridgehead atoms. The number of benzene rings is 2. The first-order chi connectivity index (χ1) is 16.2. The van der Waals surface area contributed by atoms with Crippen molar-refractivity contribution in [2.75, 3.05) is 13.7 Å². The Morgan fingerprint density at radius 3 is 2.64 bits per heavy atom. The van der Waals surface area contributed by atoms with E-state index in [4.69, 9.17) is 9.47 Å². The summed E-state index contributed by atoms with van der Waals surface area (Å²) >= 11 is 0. The molecule has 3 aromatic rings. The number of aromatic nitrogens is 1. The van der Waals surface area contributed by atoms with Crippen molar-refractivity contribution in [2.45, 2.75) is 69.9 Å². The fraction of sp³-hybridized carbons (Fsp3) is 0.464. The lowest BCUT2D eigenvalue weighted by atomic mass is 9.92. The van der Waals surface area contributed by atoms with Gasteiger partial charge in [-0.25, -0.2) is 0 Å². The summed E-state index contributed by atoms with van der Waals surface area (Å²) in [5, 5.41) is 4.75. The molecule has 2 heterocycles. The van der Waals surface area contributed by atoms with E-state index >= 15 is 0 Å². The van der Waals surface area contributed by atoms with Crippen LogP contribution in [0.4, 0.5) is 0 Å². The van der Waals surface area contributed by atoms with E-state index in [0.717, 1.165) is 42.5 Å². The van der Waals surface area contributed by atoms with Gasteiger partial charge in [0.25, 0.3) is 5.91 Å². The molecule has 174 valence electrons. The number of carbonyl (C=O) groups excluding carboxylic acids is 1. The van der Waals surface area contributed by atoms with Crippen molar-refractivity contribution in [1.82, 2.24) is 9.88 Å². The van der Waals surface area contributed by atoms with Crippen LogP contribution in [0.15, 0.2) is 48.7 Å². The third kappa shape index (κ3) is 4.39. The average molecular weight is 447 g/mol. The molecule has 2 fully saturated rings. The lowest BCUT2D eigenvalue weighted by molar-refractivity contribution is 0.0961. The first kappa shape index (κ1) is 22.0. The van der Waals surface area contributed by atoms with Gasteiger partial charge >= 0.3 is 0 Å². The van der Waals surface area contributed by atoms with Crippen LogP contribution >= 0.6 is 0 Å². The molecule has 1 saturated carbocycles. The third-order valence-corrected chi connectivity index (χ3v) is 7.41. The van der Waals surface area contributed by atoms with Crippen molar-refractivity contribution >= 4 is 16.8 Å². The minimum absolute atomic E-state index is 0.0729. The molecule has 1 aromatic heterocycles. The van der Waals surface area contributed by atoms with E-state index in [9.17, 15) is 4.79 Å². The number of methoxy groups -OCH3 is 1. The van der Waals surface area contributed by atoms with Gasteiger partial charge < -0.3 is 14.8 Å². The zero-order chi connectivity index (χ0) is 22.8. The smallest absolute Gasteiger partial charge is 0.266 e. The number of para-hydroxylation sites is 1. The van der Waals surface area contributed by atoms with Gasteiger partial charge in [-0.15, -0.1) is 0 Å². The van der Waals surface area contributed by atoms with Gasteiger partial charge in [-0.2, -0.15) is 0 Å². The van der Waals surface area contributed by atoms with Gasteiger partial charge in [0.2, 0.25) is 0 Å². The fourth-order valence-electron chi connectivity index (χ4n) is 5.52. The molecule has 2 unspecified atom stereocenters. The normalized spacial score (nSPS) is 20.1. The Kier molecular flexibility index (Phi) is 6.41. The second kappa shape index (κ2) is 9.60. The van der Waals surface area contributed by atoms with E-state index in [-0.39, 0.29) is 5.91 Å². The summed E-state index contributed by atoms with van der Waals surface area (Å²) in [6, 6.07) is 14.1. The highest BCUT2D eigenvalue weighted by Gasteiger charge is 2.27. The number of hydrogen-bond donors (Lipinski definition) is 1. The largest absolute Gasteiger partial charge is 0.496 e. The highest BCUT2D eigenvalue weighted by Crippen LogP contribution is 2.36. The summed E-state index contributed by atoms with van der Waals surface area (Å²) < 4.78 is 13.6. The maximum absolute atomic E-state index is 13.6. The molecule has 0 amide bonds. The predicted molar refractivity (Wildman–Crippen MR) is 132 cm³/mol. The molecule has 33 heavy (non-hydrogen) atoms. The molecular formula is C28H34N2O3. The van der Waals surface area contributed by atoms with Crippen LogP contribution in [0.2, 0.25) is 0 Å². The molecular weight excluding hydrogens is 412 g/mol. The van der Waals surface area contributed by atoms with E-state index in [1.165, 1.54) is 31.2 Å². The van der Waals surface area contributed by atoms with Crippen LogP contribution in [0.1, 0.15) is 73.7 Å². The van der Waals surface area contributed by atoms with Crippen LogP contribution in [-0.4, -0.2) is 36.3 Å². The molecule has 1 aliphatic heterocycles. The van der Waals surface area contributed by atoms with Crippen molar-refractivity contribution in [3.05, 3.63) is 59.8 Å². The van der Waals surface area contributed by atoms with Crippen LogP contribution in [0, 0.1) is 0 Å². The summed E-state index contributed by atoms with van der Waals surface area (Å²) in [5.74, 6) is 1.72.